The van der Waals surface area contributed by atoms with Gasteiger partial charge in [0.25, 0.3) is 10.0 Å². The van der Waals surface area contributed by atoms with E-state index >= 15 is 0 Å². The van der Waals surface area contributed by atoms with Gasteiger partial charge in [-0.2, -0.15) is 0 Å². The molecule has 1 aromatic rings. The smallest absolute Gasteiger partial charge is 0.262 e. The second kappa shape index (κ2) is 5.37. The lowest BCUT2D eigenvalue weighted by Gasteiger charge is -2.16. The van der Waals surface area contributed by atoms with Gasteiger partial charge in [-0.1, -0.05) is 4.89 Å². The number of rotatable bonds is 4. The van der Waals surface area contributed by atoms with E-state index in [1.54, 1.807) is 0 Å². The van der Waals surface area contributed by atoms with Crippen LogP contribution in [0.3, 0.4) is 0 Å². The molecule has 1 fully saturated rings. The Morgan fingerprint density at radius 3 is 2.48 bits per heavy atom. The number of carbonyl (C=O) groups excluding carboxylic acids is 1. The van der Waals surface area contributed by atoms with E-state index in [2.05, 4.69) is 4.84 Å². The lowest BCUT2D eigenvalue weighted by molar-refractivity contribution is -0.116. The van der Waals surface area contributed by atoms with Gasteiger partial charge in [-0.15, -0.1) is 0 Å². The maximum absolute atomic E-state index is 11.8. The highest BCUT2D eigenvalue weighted by molar-refractivity contribution is 7.94. The first-order chi connectivity index (χ1) is 9.69. The largest absolute Gasteiger partial charge is 0.290 e. The Labute approximate surface area is 122 Å². The number of anilines is 1. The van der Waals surface area contributed by atoms with Crippen LogP contribution in [0.2, 0.25) is 0 Å². The first-order valence-electron chi connectivity index (χ1n) is 5.90. The van der Waals surface area contributed by atoms with E-state index < -0.39 is 26.0 Å². The van der Waals surface area contributed by atoms with Gasteiger partial charge in [0.05, 0.1) is 23.4 Å². The Morgan fingerprint density at radius 1 is 1.33 bits per heavy atom. The summed E-state index contributed by atoms with van der Waals surface area (Å²) in [6, 6.07) is 3.84. The van der Waals surface area contributed by atoms with Crippen molar-refractivity contribution in [3.63, 3.8) is 0 Å². The first kappa shape index (κ1) is 15.9. The molecule has 2 rings (SSSR count). The van der Waals surface area contributed by atoms with Crippen LogP contribution in [-0.2, 0) is 29.7 Å². The second-order valence-electron chi connectivity index (χ2n) is 4.46. The van der Waals surface area contributed by atoms with E-state index in [0.29, 0.717) is 9.87 Å². The molecule has 0 bridgehead atoms. The fraction of sp³-hybridized carbons (Fsp3) is 0.364. The van der Waals surface area contributed by atoms with E-state index in [9.17, 15) is 21.6 Å². The van der Waals surface area contributed by atoms with E-state index in [4.69, 9.17) is 0 Å². The SMILES string of the molecule is CONS(=O)(=O)c1ccc(N2C(=O)CCS2(=O)=O)cc1C. The maximum atomic E-state index is 11.8. The molecule has 0 radical (unpaired) electrons. The molecule has 8 nitrogen and oxygen atoms in total. The summed E-state index contributed by atoms with van der Waals surface area (Å²) in [5.41, 5.74) is 0.429. The van der Waals surface area contributed by atoms with E-state index in [1.165, 1.54) is 25.1 Å². The molecular formula is C11H14N2O6S2. The zero-order valence-corrected chi connectivity index (χ0v) is 13.0. The molecule has 1 amide bonds. The van der Waals surface area contributed by atoms with E-state index in [-0.39, 0.29) is 22.8 Å². The summed E-state index contributed by atoms with van der Waals surface area (Å²) in [4.78, 5) is 17.9. The van der Waals surface area contributed by atoms with E-state index in [1.807, 2.05) is 4.89 Å². The summed E-state index contributed by atoms with van der Waals surface area (Å²) in [6.45, 7) is 1.50. The molecule has 21 heavy (non-hydrogen) atoms. The van der Waals surface area contributed by atoms with Gasteiger partial charge in [-0.05, 0) is 30.7 Å². The van der Waals surface area contributed by atoms with Crippen molar-refractivity contribution in [1.29, 1.82) is 0 Å². The van der Waals surface area contributed by atoms with Gasteiger partial charge in [-0.3, -0.25) is 9.63 Å². The molecule has 0 saturated carbocycles. The monoisotopic (exact) mass is 334 g/mol. The van der Waals surface area contributed by atoms with Crippen LogP contribution < -0.4 is 9.19 Å². The highest BCUT2D eigenvalue weighted by Crippen LogP contribution is 2.28. The number of carbonyl (C=O) groups is 1. The number of hydrogen-bond acceptors (Lipinski definition) is 6. The van der Waals surface area contributed by atoms with Crippen LogP contribution in [0, 0.1) is 6.92 Å². The standard InChI is InChI=1S/C11H14N2O6S2/c1-8-7-9(13-11(14)5-6-20(13,15)16)3-4-10(8)21(17,18)12-19-2/h3-4,7,12H,5-6H2,1-2H3. The van der Waals surface area contributed by atoms with Crippen LogP contribution in [0.25, 0.3) is 0 Å². The van der Waals surface area contributed by atoms with Crippen molar-refractivity contribution in [3.8, 4) is 0 Å². The maximum Gasteiger partial charge on any atom is 0.262 e. The number of hydrogen-bond donors (Lipinski definition) is 1. The van der Waals surface area contributed by atoms with Crippen LogP contribution in [0.5, 0.6) is 0 Å². The van der Waals surface area contributed by atoms with Crippen molar-refractivity contribution in [2.24, 2.45) is 0 Å². The van der Waals surface area contributed by atoms with Crippen molar-refractivity contribution in [1.82, 2.24) is 4.89 Å². The Kier molecular flexibility index (Phi) is 4.06. The van der Waals surface area contributed by atoms with Crippen LogP contribution in [0.1, 0.15) is 12.0 Å². The number of amides is 1. The predicted octanol–water partition coefficient (Wildman–Crippen LogP) is -0.0988. The molecule has 1 saturated heterocycles. The number of sulfonamides is 2. The van der Waals surface area contributed by atoms with Gasteiger partial charge in [0.1, 0.15) is 0 Å². The van der Waals surface area contributed by atoms with Gasteiger partial charge in [0, 0.05) is 6.42 Å². The fourth-order valence-electron chi connectivity index (χ4n) is 2.08. The van der Waals surface area contributed by atoms with Crippen molar-refractivity contribution >= 4 is 31.6 Å². The van der Waals surface area contributed by atoms with Crippen LogP contribution in [0.15, 0.2) is 23.1 Å². The van der Waals surface area contributed by atoms with Crippen molar-refractivity contribution < 1.29 is 26.5 Å². The van der Waals surface area contributed by atoms with Crippen LogP contribution in [-0.4, -0.2) is 35.6 Å². The molecule has 116 valence electrons. The third-order valence-electron chi connectivity index (χ3n) is 2.95. The molecule has 0 aromatic heterocycles. The van der Waals surface area contributed by atoms with Crippen LogP contribution >= 0.6 is 0 Å². The normalized spacial score (nSPS) is 18.2. The molecule has 1 aliphatic heterocycles. The lowest BCUT2D eigenvalue weighted by Crippen LogP contribution is -2.29. The molecule has 1 heterocycles. The predicted molar refractivity (Wildman–Crippen MR) is 74.4 cm³/mol. The lowest BCUT2D eigenvalue weighted by atomic mass is 10.2. The quantitative estimate of drug-likeness (QED) is 0.770. The Hall–Kier alpha value is -1.49. The summed E-state index contributed by atoms with van der Waals surface area (Å²) in [5.74, 6) is -0.768. The minimum Gasteiger partial charge on any atom is -0.290 e. The first-order valence-corrected chi connectivity index (χ1v) is 8.99. The number of aryl methyl sites for hydroxylation is 1. The van der Waals surface area contributed by atoms with Crippen molar-refractivity contribution in [2.45, 2.75) is 18.2 Å². The van der Waals surface area contributed by atoms with E-state index in [0.717, 1.165) is 7.11 Å². The molecular weight excluding hydrogens is 320 g/mol. The zero-order chi connectivity index (χ0) is 15.8. The summed E-state index contributed by atoms with van der Waals surface area (Å²) in [5, 5.41) is 0. The van der Waals surface area contributed by atoms with Gasteiger partial charge < -0.3 is 0 Å². The third kappa shape index (κ3) is 2.93. The molecule has 1 aromatic carbocycles. The Bertz CT molecular complexity index is 785. The number of benzene rings is 1. The highest BCUT2D eigenvalue weighted by Gasteiger charge is 2.36. The number of nitrogens with one attached hydrogen (secondary N) is 1. The van der Waals surface area contributed by atoms with Gasteiger partial charge in [-0.25, -0.2) is 21.1 Å². The topological polar surface area (TPSA) is 110 Å². The van der Waals surface area contributed by atoms with Crippen molar-refractivity contribution in [3.05, 3.63) is 23.8 Å². The van der Waals surface area contributed by atoms with Crippen molar-refractivity contribution in [2.75, 3.05) is 17.2 Å². The number of nitrogens with zero attached hydrogens (tertiary/aromatic N) is 1. The molecule has 1 aliphatic rings. The Morgan fingerprint density at radius 2 is 2.00 bits per heavy atom. The Balaban J connectivity index is 2.48. The van der Waals surface area contributed by atoms with Gasteiger partial charge in [0.15, 0.2) is 0 Å². The molecule has 0 unspecified atom stereocenters. The highest BCUT2D eigenvalue weighted by atomic mass is 32.2. The third-order valence-corrected chi connectivity index (χ3v) is 6.07. The minimum absolute atomic E-state index is 0.0582. The summed E-state index contributed by atoms with van der Waals surface area (Å²) in [7, 11) is -6.36. The average molecular weight is 334 g/mol. The molecule has 0 atom stereocenters. The fourth-order valence-corrected chi connectivity index (χ4v) is 4.58. The minimum atomic E-state index is -3.85. The summed E-state index contributed by atoms with van der Waals surface area (Å²) < 4.78 is 48.0. The zero-order valence-electron chi connectivity index (χ0n) is 11.4. The summed E-state index contributed by atoms with van der Waals surface area (Å²) >= 11 is 0. The summed E-state index contributed by atoms with van der Waals surface area (Å²) in [6.07, 6.45) is -0.0767. The second-order valence-corrected chi connectivity index (χ2v) is 8.02. The van der Waals surface area contributed by atoms with Crippen LogP contribution in [0.4, 0.5) is 5.69 Å². The van der Waals surface area contributed by atoms with Gasteiger partial charge >= 0.3 is 0 Å². The molecule has 1 N–H and O–H groups in total. The van der Waals surface area contributed by atoms with Gasteiger partial charge in [0.2, 0.25) is 15.9 Å². The molecule has 0 aliphatic carbocycles. The average Bonchev–Trinajstić information content (AvgIpc) is 2.62. The molecule has 10 heteroatoms. The molecule has 0 spiro atoms.